The summed E-state index contributed by atoms with van der Waals surface area (Å²) in [6.07, 6.45) is 0.695. The van der Waals surface area contributed by atoms with Gasteiger partial charge in [-0.2, -0.15) is 0 Å². The van der Waals surface area contributed by atoms with E-state index in [1.165, 1.54) is 4.90 Å². The van der Waals surface area contributed by atoms with Gasteiger partial charge in [0, 0.05) is 0 Å². The molecule has 106 valence electrons. The number of halogens is 3. The van der Waals surface area contributed by atoms with Gasteiger partial charge in [-0.05, 0) is 37.9 Å². The van der Waals surface area contributed by atoms with Gasteiger partial charge in [0.2, 0.25) is 0 Å². The van der Waals surface area contributed by atoms with E-state index in [9.17, 15) is 12.9 Å². The molecule has 0 bridgehead atoms. The number of nitrogens with zero attached hydrogens (tertiary/aromatic N) is 1. The molecule has 1 heterocycles. The molecule has 0 amide bonds. The number of hydrogen-bond donors (Lipinski definition) is 0. The fraction of sp³-hybridized carbons (Fsp3) is 0.538. The number of piperidine rings is 1. The first-order chi connectivity index (χ1) is 9.03. The molecule has 2 rings (SSSR count). The Bertz CT molecular complexity index is 383. The Balaban J connectivity index is 0.00000200. The van der Waals surface area contributed by atoms with Crippen LogP contribution in [0.3, 0.4) is 0 Å². The Morgan fingerprint density at radius 2 is 1.70 bits per heavy atom. The second kappa shape index (κ2) is 8.93. The van der Waals surface area contributed by atoms with Gasteiger partial charge in [-0.25, -0.2) is 0 Å². The minimum absolute atomic E-state index is 0. The van der Waals surface area contributed by atoms with Crippen molar-refractivity contribution in [3.8, 4) is 0 Å². The van der Waals surface area contributed by atoms with Crippen LogP contribution in [0.5, 0.6) is 0 Å². The van der Waals surface area contributed by atoms with Gasteiger partial charge in [-0.15, -0.1) is 0 Å². The van der Waals surface area contributed by atoms with Crippen LogP contribution in [0, 0.1) is 0 Å². The van der Waals surface area contributed by atoms with Gasteiger partial charge in [0.05, 0.1) is 12.7 Å². The van der Waals surface area contributed by atoms with Crippen LogP contribution in [-0.4, -0.2) is 37.5 Å². The first-order valence-corrected chi connectivity index (χ1v) is 6.62. The molecule has 0 atom stereocenters. The zero-order chi connectivity index (χ0) is 13.7. The number of ether oxygens (including phenoxy) is 1. The number of benzene rings is 1. The quantitative estimate of drug-likeness (QED) is 0.713. The first kappa shape index (κ1) is 18.7. The third kappa shape index (κ3) is 7.07. The van der Waals surface area contributed by atoms with E-state index in [1.807, 2.05) is 30.3 Å². The molecule has 7 heteroatoms. The molecule has 1 aliphatic rings. The fourth-order valence-electron chi connectivity index (χ4n) is 2.34. The minimum atomic E-state index is -4.71. The van der Waals surface area contributed by atoms with E-state index in [0.717, 1.165) is 5.56 Å². The molecule has 0 saturated carbocycles. The first-order valence-electron chi connectivity index (χ1n) is 6.62. The third-order valence-corrected chi connectivity index (χ3v) is 3.33. The van der Waals surface area contributed by atoms with Gasteiger partial charge in [-0.3, -0.25) is 0 Å². The second-order valence-electron chi connectivity index (χ2n) is 5.01. The van der Waals surface area contributed by atoms with E-state index in [1.54, 1.807) is 0 Å². The molecule has 0 spiro atoms. The van der Waals surface area contributed by atoms with Crippen LogP contribution in [0.4, 0.5) is 12.9 Å². The van der Waals surface area contributed by atoms with Gasteiger partial charge in [0.25, 0.3) is 0 Å². The van der Waals surface area contributed by atoms with E-state index in [4.69, 9.17) is 4.74 Å². The van der Waals surface area contributed by atoms with Crippen LogP contribution in [0.2, 0.25) is 0 Å². The summed E-state index contributed by atoms with van der Waals surface area (Å²) in [4.78, 5) is 1.47. The zero-order valence-corrected chi connectivity index (χ0v) is 14.9. The summed E-state index contributed by atoms with van der Waals surface area (Å²) in [5, 5.41) is 0. The molecule has 1 aromatic carbocycles. The molecule has 0 N–H and O–H groups in total. The van der Waals surface area contributed by atoms with Crippen molar-refractivity contribution in [2.75, 3.05) is 19.5 Å². The molecule has 0 aliphatic carbocycles. The van der Waals surface area contributed by atoms with Crippen LogP contribution < -0.4 is 51.4 Å². The summed E-state index contributed by atoms with van der Waals surface area (Å²) in [5.41, 5.74) is 1.10. The van der Waals surface area contributed by atoms with Gasteiger partial charge in [0.15, 0.2) is 0 Å². The molecule has 1 fully saturated rings. The van der Waals surface area contributed by atoms with E-state index in [2.05, 4.69) is 0 Å². The average molecular weight is 311 g/mol. The van der Waals surface area contributed by atoms with E-state index in [0.29, 0.717) is 32.5 Å². The van der Waals surface area contributed by atoms with Crippen LogP contribution in [-0.2, 0) is 11.3 Å². The summed E-state index contributed by atoms with van der Waals surface area (Å²) in [5.74, 6) is 0. The predicted octanol–water partition coefficient (Wildman–Crippen LogP) is 0.0582. The molecular weight excluding hydrogens is 293 g/mol. The van der Waals surface area contributed by atoms with Gasteiger partial charge < -0.3 is 22.6 Å². The topological polar surface area (TPSA) is 12.5 Å². The molecule has 0 aromatic heterocycles. The van der Waals surface area contributed by atoms with E-state index in [-0.39, 0.29) is 57.5 Å². The van der Waals surface area contributed by atoms with Crippen molar-refractivity contribution < 1.29 is 69.1 Å². The Labute approximate surface area is 160 Å². The average Bonchev–Trinajstić information content (AvgIpc) is 2.37. The molecule has 20 heavy (non-hydrogen) atoms. The maximum atomic E-state index is 12.3. The number of hydrogen-bond acceptors (Lipinski definition) is 2. The largest absolute Gasteiger partial charge is 1.00 e. The third-order valence-electron chi connectivity index (χ3n) is 3.33. The van der Waals surface area contributed by atoms with Crippen LogP contribution in [0.15, 0.2) is 30.3 Å². The van der Waals surface area contributed by atoms with Crippen molar-refractivity contribution in [1.82, 2.24) is 4.90 Å². The molecule has 0 unspecified atom stereocenters. The van der Waals surface area contributed by atoms with Crippen molar-refractivity contribution in [3.05, 3.63) is 35.9 Å². The van der Waals surface area contributed by atoms with Crippen molar-refractivity contribution >= 4 is 6.98 Å². The second-order valence-corrected chi connectivity index (χ2v) is 5.01. The summed E-state index contributed by atoms with van der Waals surface area (Å²) in [6, 6.07) is 9.82. The summed E-state index contributed by atoms with van der Waals surface area (Å²) in [6.45, 7) is -3.23. The number of rotatable bonds is 5. The summed E-state index contributed by atoms with van der Waals surface area (Å²) in [7, 11) is 0. The minimum Gasteiger partial charge on any atom is -0.448 e. The zero-order valence-electron chi connectivity index (χ0n) is 11.8. The number of likely N-dealkylation sites (tertiary alicyclic amines) is 1. The molecule has 1 aromatic rings. The monoisotopic (exact) mass is 311 g/mol. The SMILES string of the molecule is F[B-](F)(F)CN1CCC(OCc2ccccc2)CC1.[K+]. The molecular formula is C13H18BF3KNO. The van der Waals surface area contributed by atoms with Crippen molar-refractivity contribution in [1.29, 1.82) is 0 Å². The molecule has 0 radical (unpaired) electrons. The predicted molar refractivity (Wildman–Crippen MR) is 69.8 cm³/mol. The normalized spacial score (nSPS) is 17.8. The molecule has 2 nitrogen and oxygen atoms in total. The van der Waals surface area contributed by atoms with Gasteiger partial charge in [-0.1, -0.05) is 30.3 Å². The van der Waals surface area contributed by atoms with Crippen molar-refractivity contribution in [3.63, 3.8) is 0 Å². The van der Waals surface area contributed by atoms with Crippen molar-refractivity contribution in [2.45, 2.75) is 25.6 Å². The Morgan fingerprint density at radius 3 is 2.25 bits per heavy atom. The Morgan fingerprint density at radius 1 is 1.10 bits per heavy atom. The van der Waals surface area contributed by atoms with Gasteiger partial charge >= 0.3 is 58.4 Å². The maximum absolute atomic E-state index is 12.3. The smallest absolute Gasteiger partial charge is 0.448 e. The van der Waals surface area contributed by atoms with E-state index >= 15 is 0 Å². The van der Waals surface area contributed by atoms with E-state index < -0.39 is 13.4 Å². The maximum Gasteiger partial charge on any atom is 1.00 e. The molecule has 1 saturated heterocycles. The van der Waals surface area contributed by atoms with Gasteiger partial charge in [0.1, 0.15) is 0 Å². The van der Waals surface area contributed by atoms with Crippen LogP contribution in [0.1, 0.15) is 18.4 Å². The Kier molecular flexibility index (Phi) is 8.34. The summed E-state index contributed by atoms with van der Waals surface area (Å²) >= 11 is 0. The fourth-order valence-corrected chi connectivity index (χ4v) is 2.34. The van der Waals surface area contributed by atoms with Crippen LogP contribution in [0.25, 0.3) is 0 Å². The standard InChI is InChI=1S/C13H18BF3NO.K/c15-14(16,17)11-18-8-6-13(7-9-18)19-10-12-4-2-1-3-5-12;/h1-5,13H,6-11H2;/q-1;+1. The Hall–Kier alpha value is 0.631. The van der Waals surface area contributed by atoms with Crippen LogP contribution >= 0.6 is 0 Å². The van der Waals surface area contributed by atoms with Crippen molar-refractivity contribution in [2.24, 2.45) is 0 Å². The summed E-state index contributed by atoms with van der Waals surface area (Å²) < 4.78 is 42.6. The molecule has 1 aliphatic heterocycles.